The summed E-state index contributed by atoms with van der Waals surface area (Å²) in [5.41, 5.74) is 2.25. The molecule has 3 N–H and O–H groups in total. The Balaban J connectivity index is 1.51. The number of halogens is 1. The van der Waals surface area contributed by atoms with Crippen LogP contribution in [0.25, 0.3) is 0 Å². The standard InChI is InChI=1S/C21H21ClN4O3S/c1-13-18(19(27)23-12-11-14-3-9-17(29-2)10-4-14)30-21(24-13)26-20(28)25-16-7-5-15(22)6-8-16/h3-10H,11-12H2,1-2H3,(H,23,27)(H2,24,25,26,28). The summed E-state index contributed by atoms with van der Waals surface area (Å²) in [7, 11) is 1.62. The highest BCUT2D eigenvalue weighted by atomic mass is 35.5. The van der Waals surface area contributed by atoms with E-state index in [0.29, 0.717) is 39.4 Å². The number of thiazole rings is 1. The summed E-state index contributed by atoms with van der Waals surface area (Å²) in [6.45, 7) is 2.22. The Bertz CT molecular complexity index is 1020. The highest BCUT2D eigenvalue weighted by molar-refractivity contribution is 7.17. The largest absolute Gasteiger partial charge is 0.497 e. The summed E-state index contributed by atoms with van der Waals surface area (Å²) in [6.07, 6.45) is 0.697. The van der Waals surface area contributed by atoms with Crippen LogP contribution in [0.15, 0.2) is 48.5 Å². The van der Waals surface area contributed by atoms with Crippen molar-refractivity contribution in [2.24, 2.45) is 0 Å². The predicted octanol–water partition coefficient (Wildman–Crippen LogP) is 4.73. The zero-order chi connectivity index (χ0) is 21.5. The molecule has 0 fully saturated rings. The molecule has 0 aliphatic rings. The van der Waals surface area contributed by atoms with Crippen LogP contribution in [-0.4, -0.2) is 30.6 Å². The van der Waals surface area contributed by atoms with E-state index in [0.717, 1.165) is 22.6 Å². The second kappa shape index (κ2) is 10.1. The lowest BCUT2D eigenvalue weighted by Crippen LogP contribution is -2.25. The molecule has 0 saturated carbocycles. The second-order valence-corrected chi connectivity index (χ2v) is 7.81. The van der Waals surface area contributed by atoms with Crippen molar-refractivity contribution in [3.63, 3.8) is 0 Å². The van der Waals surface area contributed by atoms with Gasteiger partial charge in [-0.05, 0) is 55.3 Å². The van der Waals surface area contributed by atoms with Gasteiger partial charge >= 0.3 is 6.03 Å². The first-order valence-corrected chi connectivity index (χ1v) is 10.4. The molecule has 3 amide bonds. The minimum absolute atomic E-state index is 0.218. The van der Waals surface area contributed by atoms with Crippen LogP contribution >= 0.6 is 22.9 Å². The number of anilines is 2. The third kappa shape index (κ3) is 5.95. The topological polar surface area (TPSA) is 92.4 Å². The SMILES string of the molecule is COc1ccc(CCNC(=O)c2sc(NC(=O)Nc3ccc(Cl)cc3)nc2C)cc1. The number of aromatic nitrogens is 1. The highest BCUT2D eigenvalue weighted by Gasteiger charge is 2.16. The van der Waals surface area contributed by atoms with Crippen LogP contribution in [-0.2, 0) is 6.42 Å². The van der Waals surface area contributed by atoms with E-state index in [4.69, 9.17) is 16.3 Å². The fourth-order valence-corrected chi connectivity index (χ4v) is 3.65. The van der Waals surface area contributed by atoms with Crippen molar-refractivity contribution in [1.29, 1.82) is 0 Å². The van der Waals surface area contributed by atoms with Gasteiger partial charge in [0.15, 0.2) is 5.13 Å². The molecule has 7 nitrogen and oxygen atoms in total. The molecule has 0 bridgehead atoms. The van der Waals surface area contributed by atoms with E-state index in [1.165, 1.54) is 0 Å². The molecule has 2 aromatic carbocycles. The van der Waals surface area contributed by atoms with Crippen LogP contribution in [0.4, 0.5) is 15.6 Å². The number of aryl methyl sites for hydroxylation is 1. The fraction of sp³-hybridized carbons (Fsp3) is 0.190. The van der Waals surface area contributed by atoms with Crippen LogP contribution < -0.4 is 20.7 Å². The number of nitrogens with zero attached hydrogens (tertiary/aromatic N) is 1. The molecule has 156 valence electrons. The molecule has 9 heteroatoms. The summed E-state index contributed by atoms with van der Waals surface area (Å²) >= 11 is 6.96. The van der Waals surface area contributed by atoms with E-state index in [9.17, 15) is 9.59 Å². The fourth-order valence-electron chi connectivity index (χ4n) is 2.65. The number of carbonyl (C=O) groups is 2. The van der Waals surface area contributed by atoms with Crippen LogP contribution in [0.1, 0.15) is 20.9 Å². The van der Waals surface area contributed by atoms with Gasteiger partial charge in [0.1, 0.15) is 10.6 Å². The van der Waals surface area contributed by atoms with Gasteiger partial charge < -0.3 is 15.4 Å². The molecule has 1 aromatic heterocycles. The molecular formula is C21H21ClN4O3S. The summed E-state index contributed by atoms with van der Waals surface area (Å²) in [5.74, 6) is 0.577. The van der Waals surface area contributed by atoms with Gasteiger partial charge in [0.25, 0.3) is 5.91 Å². The first-order chi connectivity index (χ1) is 14.4. The van der Waals surface area contributed by atoms with E-state index in [1.54, 1.807) is 38.3 Å². The number of hydrogen-bond donors (Lipinski definition) is 3. The van der Waals surface area contributed by atoms with Crippen LogP contribution in [0.2, 0.25) is 5.02 Å². The van der Waals surface area contributed by atoms with Crippen LogP contribution in [0.5, 0.6) is 5.75 Å². The number of benzene rings is 2. The molecule has 0 spiro atoms. The number of methoxy groups -OCH3 is 1. The molecule has 0 aliphatic carbocycles. The second-order valence-electron chi connectivity index (χ2n) is 6.37. The average molecular weight is 445 g/mol. The maximum Gasteiger partial charge on any atom is 0.325 e. The average Bonchev–Trinajstić information content (AvgIpc) is 3.10. The number of carbonyl (C=O) groups excluding carboxylic acids is 2. The first-order valence-electron chi connectivity index (χ1n) is 9.16. The van der Waals surface area contributed by atoms with Gasteiger partial charge in [-0.25, -0.2) is 9.78 Å². The molecule has 3 rings (SSSR count). The molecule has 0 aliphatic heterocycles. The van der Waals surface area contributed by atoms with Gasteiger partial charge in [-0.15, -0.1) is 0 Å². The summed E-state index contributed by atoms with van der Waals surface area (Å²) in [4.78, 5) is 29.3. The Morgan fingerprint density at radius 3 is 2.43 bits per heavy atom. The predicted molar refractivity (Wildman–Crippen MR) is 120 cm³/mol. The molecule has 0 unspecified atom stereocenters. The Labute approximate surface area is 183 Å². The van der Waals surface area contributed by atoms with Gasteiger partial charge in [0.05, 0.1) is 12.8 Å². The lowest BCUT2D eigenvalue weighted by atomic mass is 10.1. The van der Waals surface area contributed by atoms with Crippen molar-refractivity contribution in [2.75, 3.05) is 24.3 Å². The minimum atomic E-state index is -0.447. The van der Waals surface area contributed by atoms with Gasteiger partial charge in [0.2, 0.25) is 0 Å². The summed E-state index contributed by atoms with van der Waals surface area (Å²) < 4.78 is 5.14. The Kier molecular flexibility index (Phi) is 7.26. The Morgan fingerprint density at radius 2 is 1.77 bits per heavy atom. The first kappa shape index (κ1) is 21.6. The van der Waals surface area contributed by atoms with Crippen molar-refractivity contribution >= 4 is 45.7 Å². The molecular weight excluding hydrogens is 424 g/mol. The van der Waals surface area contributed by atoms with Gasteiger partial charge in [-0.2, -0.15) is 0 Å². The van der Waals surface area contributed by atoms with Gasteiger partial charge in [0, 0.05) is 17.3 Å². The van der Waals surface area contributed by atoms with Crippen molar-refractivity contribution < 1.29 is 14.3 Å². The monoisotopic (exact) mass is 444 g/mol. The Morgan fingerprint density at radius 1 is 1.07 bits per heavy atom. The van der Waals surface area contributed by atoms with E-state index >= 15 is 0 Å². The number of urea groups is 1. The third-order valence-electron chi connectivity index (χ3n) is 4.18. The molecule has 1 heterocycles. The Hall–Kier alpha value is -3.10. The smallest absolute Gasteiger partial charge is 0.325 e. The third-order valence-corrected chi connectivity index (χ3v) is 5.51. The molecule has 0 atom stereocenters. The van der Waals surface area contributed by atoms with Crippen LogP contribution in [0, 0.1) is 6.92 Å². The number of nitrogens with one attached hydrogen (secondary N) is 3. The van der Waals surface area contributed by atoms with Crippen molar-refractivity contribution in [1.82, 2.24) is 10.3 Å². The maximum atomic E-state index is 12.5. The normalized spacial score (nSPS) is 10.4. The number of ether oxygens (including phenoxy) is 1. The molecule has 0 radical (unpaired) electrons. The highest BCUT2D eigenvalue weighted by Crippen LogP contribution is 2.23. The zero-order valence-corrected chi connectivity index (χ0v) is 18.1. The molecule has 30 heavy (non-hydrogen) atoms. The lowest BCUT2D eigenvalue weighted by Gasteiger charge is -2.06. The van der Waals surface area contributed by atoms with Gasteiger partial charge in [-0.1, -0.05) is 35.1 Å². The number of amides is 3. The maximum absolute atomic E-state index is 12.5. The van der Waals surface area contributed by atoms with Crippen molar-refractivity contribution in [2.45, 2.75) is 13.3 Å². The van der Waals surface area contributed by atoms with E-state index in [1.807, 2.05) is 24.3 Å². The van der Waals surface area contributed by atoms with E-state index in [-0.39, 0.29) is 5.91 Å². The number of rotatable bonds is 7. The van der Waals surface area contributed by atoms with E-state index < -0.39 is 6.03 Å². The molecule has 0 saturated heterocycles. The van der Waals surface area contributed by atoms with Gasteiger partial charge in [-0.3, -0.25) is 10.1 Å². The zero-order valence-electron chi connectivity index (χ0n) is 16.5. The summed E-state index contributed by atoms with van der Waals surface area (Å²) in [6, 6.07) is 14.0. The number of hydrogen-bond acceptors (Lipinski definition) is 5. The van der Waals surface area contributed by atoms with Crippen molar-refractivity contribution in [3.05, 3.63) is 69.7 Å². The molecule has 3 aromatic rings. The summed E-state index contributed by atoms with van der Waals surface area (Å²) in [5, 5.41) is 9.15. The quantitative estimate of drug-likeness (QED) is 0.491. The van der Waals surface area contributed by atoms with E-state index in [2.05, 4.69) is 20.9 Å². The van der Waals surface area contributed by atoms with Crippen LogP contribution in [0.3, 0.4) is 0 Å². The lowest BCUT2D eigenvalue weighted by molar-refractivity contribution is 0.0957. The van der Waals surface area contributed by atoms with Crippen molar-refractivity contribution in [3.8, 4) is 5.75 Å². The minimum Gasteiger partial charge on any atom is -0.497 e.